The maximum Gasteiger partial charge on any atom is 0.263 e. The van der Waals surface area contributed by atoms with Gasteiger partial charge in [0.05, 0.1) is 23.4 Å². The van der Waals surface area contributed by atoms with Crippen LogP contribution < -0.4 is 10.9 Å². The van der Waals surface area contributed by atoms with Crippen molar-refractivity contribution in [1.82, 2.24) is 24.6 Å². The summed E-state index contributed by atoms with van der Waals surface area (Å²) in [5.41, 5.74) is 6.42. The van der Waals surface area contributed by atoms with Gasteiger partial charge in [-0.3, -0.25) is 18.8 Å². The lowest BCUT2D eigenvalue weighted by Crippen LogP contribution is -2.27. The van der Waals surface area contributed by atoms with Gasteiger partial charge in [0, 0.05) is 51.9 Å². The molecule has 0 unspecified atom stereocenters. The van der Waals surface area contributed by atoms with Crippen molar-refractivity contribution in [1.29, 1.82) is 0 Å². The molecule has 7 rings (SSSR count). The molecule has 0 bridgehead atoms. The van der Waals surface area contributed by atoms with E-state index in [0.717, 1.165) is 39.1 Å². The number of aromatic nitrogens is 4. The number of fused-ring (bicyclic) bond motifs is 1. The standard InChI is InChI=1S/C39H32ClN5O2S2/c40-33-19-11-10-18-31(33)32-25-48-37-35(32)38(47)45(21-20-27-12-4-1-5-13-27)39(42-37)49-26-34(46)41-22-30-24-44(23-28-14-6-2-7-15-28)43-36(30)29-16-8-3-9-17-29/h1-19,24-25H,20-23,26H2,(H,41,46). The van der Waals surface area contributed by atoms with Crippen molar-refractivity contribution >= 4 is 50.8 Å². The number of hydrogen-bond acceptors (Lipinski definition) is 6. The molecule has 0 aliphatic heterocycles. The summed E-state index contributed by atoms with van der Waals surface area (Å²) in [6.07, 6.45) is 2.64. The van der Waals surface area contributed by atoms with Crippen molar-refractivity contribution in [2.24, 2.45) is 0 Å². The Bertz CT molecular complexity index is 2270. The number of thiophene rings is 1. The lowest BCUT2D eigenvalue weighted by molar-refractivity contribution is -0.118. The normalized spacial score (nSPS) is 11.2. The molecule has 7 nitrogen and oxygen atoms in total. The third-order valence-corrected chi connectivity index (χ3v) is 10.3. The molecule has 0 aliphatic carbocycles. The predicted octanol–water partition coefficient (Wildman–Crippen LogP) is 8.34. The van der Waals surface area contributed by atoms with Gasteiger partial charge in [-0.25, -0.2) is 4.98 Å². The number of carbonyl (C=O) groups excluding carboxylic acids is 1. The molecule has 0 fully saturated rings. The Morgan fingerprint density at radius 2 is 1.51 bits per heavy atom. The van der Waals surface area contributed by atoms with Crippen LogP contribution in [0, 0.1) is 0 Å². The maximum absolute atomic E-state index is 14.2. The van der Waals surface area contributed by atoms with Crippen molar-refractivity contribution in [2.45, 2.75) is 31.2 Å². The van der Waals surface area contributed by atoms with Gasteiger partial charge in [-0.05, 0) is 23.6 Å². The first kappa shape index (κ1) is 32.6. The molecule has 0 aliphatic rings. The molecule has 0 saturated carbocycles. The molecule has 0 radical (unpaired) electrons. The fourth-order valence-corrected chi connectivity index (χ4v) is 7.81. The quantitative estimate of drug-likeness (QED) is 0.102. The molecule has 3 heterocycles. The molecule has 1 amide bonds. The Labute approximate surface area is 297 Å². The number of rotatable bonds is 12. The van der Waals surface area contributed by atoms with Crippen molar-refractivity contribution in [3.05, 3.63) is 159 Å². The summed E-state index contributed by atoms with van der Waals surface area (Å²) in [5.74, 6) is -0.0584. The minimum Gasteiger partial charge on any atom is -0.351 e. The Hall–Kier alpha value is -4.96. The average molecular weight is 702 g/mol. The minimum atomic E-state index is -0.160. The Balaban J connectivity index is 1.12. The zero-order valence-electron chi connectivity index (χ0n) is 26.5. The van der Waals surface area contributed by atoms with E-state index in [4.69, 9.17) is 21.7 Å². The van der Waals surface area contributed by atoms with E-state index in [1.165, 1.54) is 23.1 Å². The van der Waals surface area contributed by atoms with Gasteiger partial charge < -0.3 is 5.32 Å². The summed E-state index contributed by atoms with van der Waals surface area (Å²) >= 11 is 9.22. The molecule has 3 aromatic heterocycles. The van der Waals surface area contributed by atoms with E-state index >= 15 is 0 Å². The van der Waals surface area contributed by atoms with Gasteiger partial charge in [-0.1, -0.05) is 133 Å². The second-order valence-electron chi connectivity index (χ2n) is 11.5. The summed E-state index contributed by atoms with van der Waals surface area (Å²) in [4.78, 5) is 33.0. The molecule has 7 aromatic rings. The van der Waals surface area contributed by atoms with Gasteiger partial charge >= 0.3 is 0 Å². The minimum absolute atomic E-state index is 0.102. The SMILES string of the molecule is O=C(CSc1nc2scc(-c3ccccc3Cl)c2c(=O)n1CCc1ccccc1)NCc1cn(Cc2ccccc2)nc1-c1ccccc1. The number of halogens is 1. The van der Waals surface area contributed by atoms with Crippen molar-refractivity contribution < 1.29 is 4.79 Å². The first-order valence-corrected chi connectivity index (χ1v) is 18.1. The molecule has 4 aromatic carbocycles. The van der Waals surface area contributed by atoms with Crippen LogP contribution in [0.3, 0.4) is 0 Å². The van der Waals surface area contributed by atoms with Crippen LogP contribution in [0.15, 0.2) is 137 Å². The van der Waals surface area contributed by atoms with Crippen LogP contribution in [0.1, 0.15) is 16.7 Å². The number of amides is 1. The Morgan fingerprint density at radius 1 is 0.837 bits per heavy atom. The summed E-state index contributed by atoms with van der Waals surface area (Å²) in [7, 11) is 0. The Kier molecular flexibility index (Phi) is 10.0. The highest BCUT2D eigenvalue weighted by Crippen LogP contribution is 2.36. The number of nitrogens with one attached hydrogen (secondary N) is 1. The monoisotopic (exact) mass is 701 g/mol. The van der Waals surface area contributed by atoms with Crippen LogP contribution in [0.2, 0.25) is 5.02 Å². The zero-order valence-corrected chi connectivity index (χ0v) is 28.8. The van der Waals surface area contributed by atoms with Crippen LogP contribution in [-0.2, 0) is 30.8 Å². The highest BCUT2D eigenvalue weighted by molar-refractivity contribution is 7.99. The first-order valence-electron chi connectivity index (χ1n) is 15.9. The second-order valence-corrected chi connectivity index (χ2v) is 13.7. The van der Waals surface area contributed by atoms with Crippen LogP contribution in [0.25, 0.3) is 32.6 Å². The molecule has 0 atom stereocenters. The fourth-order valence-electron chi connectivity index (χ4n) is 5.73. The van der Waals surface area contributed by atoms with Crippen LogP contribution in [0.4, 0.5) is 0 Å². The largest absolute Gasteiger partial charge is 0.351 e. The predicted molar refractivity (Wildman–Crippen MR) is 200 cm³/mol. The summed E-state index contributed by atoms with van der Waals surface area (Å²) in [6.45, 7) is 1.37. The molecule has 49 heavy (non-hydrogen) atoms. The van der Waals surface area contributed by atoms with Gasteiger partial charge in [0.2, 0.25) is 5.91 Å². The van der Waals surface area contributed by atoms with Gasteiger partial charge in [-0.15, -0.1) is 11.3 Å². The van der Waals surface area contributed by atoms with E-state index in [2.05, 4.69) is 17.4 Å². The molecule has 244 valence electrons. The number of thioether (sulfide) groups is 1. The van der Waals surface area contributed by atoms with Crippen LogP contribution in [-0.4, -0.2) is 31.0 Å². The van der Waals surface area contributed by atoms with Gasteiger partial charge in [0.25, 0.3) is 5.56 Å². The van der Waals surface area contributed by atoms with E-state index < -0.39 is 0 Å². The molecule has 0 saturated heterocycles. The third kappa shape index (κ3) is 7.54. The number of aryl methyl sites for hydroxylation is 1. The summed E-state index contributed by atoms with van der Waals surface area (Å²) in [6, 6.07) is 37.7. The highest BCUT2D eigenvalue weighted by Gasteiger charge is 2.20. The number of hydrogen-bond donors (Lipinski definition) is 1. The number of carbonyl (C=O) groups is 1. The van der Waals surface area contributed by atoms with Crippen molar-refractivity contribution in [2.75, 3.05) is 5.75 Å². The lowest BCUT2D eigenvalue weighted by Gasteiger charge is -2.13. The summed E-state index contributed by atoms with van der Waals surface area (Å²) in [5, 5.41) is 11.5. The van der Waals surface area contributed by atoms with E-state index in [-0.39, 0.29) is 17.2 Å². The number of benzene rings is 4. The zero-order chi connectivity index (χ0) is 33.6. The lowest BCUT2D eigenvalue weighted by atomic mass is 10.1. The summed E-state index contributed by atoms with van der Waals surface area (Å²) < 4.78 is 3.61. The van der Waals surface area contributed by atoms with Gasteiger partial charge in [0.15, 0.2) is 5.16 Å². The second kappa shape index (κ2) is 15.1. The van der Waals surface area contributed by atoms with E-state index in [9.17, 15) is 9.59 Å². The fraction of sp³-hybridized carbons (Fsp3) is 0.128. The van der Waals surface area contributed by atoms with E-state index in [1.807, 2.05) is 119 Å². The first-order chi connectivity index (χ1) is 24.0. The molecular weight excluding hydrogens is 670 g/mol. The molecular formula is C39H32ClN5O2S2. The molecule has 10 heteroatoms. The Morgan fingerprint density at radius 3 is 2.24 bits per heavy atom. The third-order valence-electron chi connectivity index (χ3n) is 8.17. The van der Waals surface area contributed by atoms with E-state index in [1.54, 1.807) is 4.57 Å². The number of nitrogens with zero attached hydrogens (tertiary/aromatic N) is 4. The van der Waals surface area contributed by atoms with Gasteiger partial charge in [-0.2, -0.15) is 5.10 Å². The smallest absolute Gasteiger partial charge is 0.263 e. The molecule has 1 N–H and O–H groups in total. The average Bonchev–Trinajstić information content (AvgIpc) is 3.75. The van der Waals surface area contributed by atoms with Gasteiger partial charge in [0.1, 0.15) is 4.83 Å². The van der Waals surface area contributed by atoms with Crippen molar-refractivity contribution in [3.63, 3.8) is 0 Å². The molecule has 0 spiro atoms. The van der Waals surface area contributed by atoms with Crippen LogP contribution >= 0.6 is 34.7 Å². The maximum atomic E-state index is 14.2. The highest BCUT2D eigenvalue weighted by atomic mass is 35.5. The van der Waals surface area contributed by atoms with E-state index in [0.29, 0.717) is 46.5 Å². The van der Waals surface area contributed by atoms with Crippen LogP contribution in [0.5, 0.6) is 0 Å². The topological polar surface area (TPSA) is 81.8 Å². The van der Waals surface area contributed by atoms with Crippen molar-refractivity contribution in [3.8, 4) is 22.4 Å².